The summed E-state index contributed by atoms with van der Waals surface area (Å²) in [6.45, 7) is 0. The molecule has 6 rings (SSSR count). The van der Waals surface area contributed by atoms with Crippen molar-refractivity contribution < 1.29 is 32.3 Å². The number of sulfone groups is 1. The molecule has 0 aromatic heterocycles. The molecule has 0 atom stereocenters. The van der Waals surface area contributed by atoms with Gasteiger partial charge < -0.3 is 0 Å². The molecule has 44 heavy (non-hydrogen) atoms. The van der Waals surface area contributed by atoms with Crippen LogP contribution in [0.4, 0.5) is 5.69 Å². The van der Waals surface area contributed by atoms with Crippen LogP contribution in [-0.2, 0) is 9.84 Å². The molecule has 0 N–H and O–H groups in total. The molecule has 4 amide bonds. The molecule has 0 unspecified atom stereocenters. The van der Waals surface area contributed by atoms with Crippen LogP contribution in [0.15, 0.2) is 94.7 Å². The molecule has 12 heteroatoms. The summed E-state index contributed by atoms with van der Waals surface area (Å²) >= 11 is -3.32. The number of anilines is 1. The van der Waals surface area contributed by atoms with Crippen molar-refractivity contribution in [3.8, 4) is 11.5 Å². The summed E-state index contributed by atoms with van der Waals surface area (Å²) in [5.74, 6) is -1.28. The molecule has 226 valence electrons. The molecule has 0 saturated heterocycles. The fourth-order valence-electron chi connectivity index (χ4n) is 5.01. The van der Waals surface area contributed by atoms with Gasteiger partial charge in [-0.2, -0.15) is 0 Å². The van der Waals surface area contributed by atoms with Crippen molar-refractivity contribution in [3.05, 3.63) is 111 Å². The summed E-state index contributed by atoms with van der Waals surface area (Å²) in [6, 6.07) is 21.8. The standard InChI is InChI=1S/C32H26I2N2O7S/c1-33(2)19-7-5-9-23(15-19)44(41,42)24-10-6-8-20(16-24)35-29(37)25-13-11-21(17-27(25)30(35)38)43-22-12-14-26-28(18-22)32(40)36(31(26)39)34(3)4/h5-18H,1-4H3. The molecule has 0 bridgehead atoms. The van der Waals surface area contributed by atoms with Crippen LogP contribution in [0.5, 0.6) is 11.5 Å². The maximum atomic E-state index is 13.5. The average Bonchev–Trinajstić information content (AvgIpc) is 3.40. The van der Waals surface area contributed by atoms with Crippen LogP contribution < -0.4 is 9.64 Å². The summed E-state index contributed by atoms with van der Waals surface area (Å²) in [5, 5.41) is 0. The number of hydrogen-bond acceptors (Lipinski definition) is 7. The first-order valence-corrected chi connectivity index (χ1v) is 25.2. The first-order valence-electron chi connectivity index (χ1n) is 13.1. The fourth-order valence-corrected chi connectivity index (χ4v) is 10.7. The van der Waals surface area contributed by atoms with Gasteiger partial charge in [0.2, 0.25) is 0 Å². The Balaban J connectivity index is 1.27. The van der Waals surface area contributed by atoms with Crippen molar-refractivity contribution in [2.75, 3.05) is 24.6 Å². The molecular weight excluding hydrogens is 810 g/mol. The van der Waals surface area contributed by atoms with Crippen molar-refractivity contribution in [1.82, 2.24) is 3.11 Å². The molecule has 0 spiro atoms. The van der Waals surface area contributed by atoms with Gasteiger partial charge in [-0.15, -0.1) is 0 Å². The summed E-state index contributed by atoms with van der Waals surface area (Å²) in [7, 11) is -3.90. The summed E-state index contributed by atoms with van der Waals surface area (Å²) in [4.78, 5) is 61.5. The molecule has 4 aromatic carbocycles. The van der Waals surface area contributed by atoms with E-state index < -0.39 is 61.6 Å². The van der Waals surface area contributed by atoms with Crippen LogP contribution in [0.2, 0.25) is 0 Å². The number of imide groups is 2. The molecule has 2 heterocycles. The van der Waals surface area contributed by atoms with Crippen LogP contribution in [0, 0.1) is 3.57 Å². The topological polar surface area (TPSA) is 118 Å². The van der Waals surface area contributed by atoms with Gasteiger partial charge in [0.25, 0.3) is 0 Å². The fraction of sp³-hybridized carbons (Fsp3) is 0.125. The Morgan fingerprint density at radius 3 is 1.73 bits per heavy atom. The Hall–Kier alpha value is -3.63. The number of hydrogen-bond donors (Lipinski definition) is 0. The van der Waals surface area contributed by atoms with E-state index in [1.165, 1.54) is 51.6 Å². The number of amides is 4. The number of benzene rings is 4. The van der Waals surface area contributed by atoms with Gasteiger partial charge in [0, 0.05) is 0 Å². The van der Waals surface area contributed by atoms with Crippen molar-refractivity contribution in [3.63, 3.8) is 0 Å². The molecule has 2 aliphatic rings. The van der Waals surface area contributed by atoms with Crippen molar-refractivity contribution in [1.29, 1.82) is 0 Å². The van der Waals surface area contributed by atoms with Crippen molar-refractivity contribution in [2.24, 2.45) is 0 Å². The predicted octanol–water partition coefficient (Wildman–Crippen LogP) is 6.32. The van der Waals surface area contributed by atoms with Crippen LogP contribution in [-0.4, -0.2) is 54.9 Å². The van der Waals surface area contributed by atoms with Gasteiger partial charge in [-0.05, 0) is 0 Å². The van der Waals surface area contributed by atoms with Gasteiger partial charge in [-0.25, -0.2) is 0 Å². The van der Waals surface area contributed by atoms with Gasteiger partial charge in [-0.3, -0.25) is 0 Å². The van der Waals surface area contributed by atoms with E-state index >= 15 is 0 Å². The average molecular weight is 836 g/mol. The molecule has 0 aliphatic carbocycles. The van der Waals surface area contributed by atoms with Crippen molar-refractivity contribution >= 4 is 79.1 Å². The molecule has 2 aliphatic heterocycles. The van der Waals surface area contributed by atoms with Gasteiger partial charge in [-0.1, -0.05) is 0 Å². The van der Waals surface area contributed by atoms with Gasteiger partial charge in [0.1, 0.15) is 0 Å². The number of halogens is 2. The number of fused-ring (bicyclic) bond motifs is 2. The molecule has 0 fully saturated rings. The van der Waals surface area contributed by atoms with Crippen molar-refractivity contribution in [2.45, 2.75) is 9.79 Å². The second-order valence-electron chi connectivity index (χ2n) is 10.3. The van der Waals surface area contributed by atoms with E-state index in [0.717, 1.165) is 8.47 Å². The number of carbonyl (C=O) groups is 4. The number of ether oxygens (including phenoxy) is 1. The summed E-state index contributed by atoms with van der Waals surface area (Å²) < 4.78 is 35.3. The van der Waals surface area contributed by atoms with E-state index in [1.54, 1.807) is 30.3 Å². The molecule has 0 saturated carbocycles. The quantitative estimate of drug-likeness (QED) is 0.0926. The summed E-state index contributed by atoms with van der Waals surface area (Å²) in [5.41, 5.74) is 0.985. The summed E-state index contributed by atoms with van der Waals surface area (Å²) in [6.07, 6.45) is 0. The van der Waals surface area contributed by atoms with E-state index in [4.69, 9.17) is 4.74 Å². The van der Waals surface area contributed by atoms with Crippen LogP contribution >= 0.6 is 39.9 Å². The van der Waals surface area contributed by atoms with E-state index in [-0.39, 0.29) is 49.7 Å². The number of nitrogens with zero attached hydrogens (tertiary/aromatic N) is 2. The van der Waals surface area contributed by atoms with Crippen LogP contribution in [0.25, 0.3) is 0 Å². The van der Waals surface area contributed by atoms with E-state index in [1.807, 2.05) is 15.9 Å². The van der Waals surface area contributed by atoms with Crippen LogP contribution in [0.1, 0.15) is 41.4 Å². The second kappa shape index (κ2) is 11.4. The third kappa shape index (κ3) is 5.11. The Morgan fingerprint density at radius 1 is 0.591 bits per heavy atom. The number of rotatable bonds is 7. The predicted molar refractivity (Wildman–Crippen MR) is 183 cm³/mol. The Bertz CT molecular complexity index is 2020. The molecule has 9 nitrogen and oxygen atoms in total. The van der Waals surface area contributed by atoms with Crippen LogP contribution in [0.3, 0.4) is 0 Å². The zero-order chi connectivity index (χ0) is 31.5. The SMILES string of the molecule is CI(C)c1cccc(S(=O)(=O)c2cccc(N3C(=O)c4ccc(Oc5ccc6c(c5)C(=O)N(I(C)C)C6=O)cc4C3=O)c2)c1. The zero-order valence-corrected chi connectivity index (χ0v) is 29.1. The van der Waals surface area contributed by atoms with E-state index in [2.05, 4.69) is 9.86 Å². The maximum absolute atomic E-state index is 13.5. The number of carbonyl (C=O) groups excluding carboxylic acids is 4. The molecular formula is C32H26I2N2O7S. The number of alkyl halides is 4. The minimum atomic E-state index is -3.90. The van der Waals surface area contributed by atoms with Gasteiger partial charge in [0.15, 0.2) is 0 Å². The van der Waals surface area contributed by atoms with E-state index in [0.29, 0.717) is 11.3 Å². The normalized spacial score (nSPS) is 15.0. The minimum absolute atomic E-state index is 0.0241. The van der Waals surface area contributed by atoms with Gasteiger partial charge in [0.05, 0.1) is 0 Å². The third-order valence-corrected chi connectivity index (χ3v) is 14.9. The van der Waals surface area contributed by atoms with E-state index in [9.17, 15) is 27.6 Å². The first kappa shape index (κ1) is 30.4. The Labute approximate surface area is 269 Å². The second-order valence-corrected chi connectivity index (χ2v) is 22.8. The van der Waals surface area contributed by atoms with Gasteiger partial charge >= 0.3 is 271 Å². The Morgan fingerprint density at radius 2 is 1.11 bits per heavy atom. The Kier molecular flexibility index (Phi) is 7.86. The first-order chi connectivity index (χ1) is 20.9. The molecule has 4 aromatic rings. The monoisotopic (exact) mass is 836 g/mol. The third-order valence-electron chi connectivity index (χ3n) is 7.17. The zero-order valence-electron chi connectivity index (χ0n) is 24.0. The molecule has 0 radical (unpaired) electrons.